The number of likely N-dealkylation sites (N-methyl/N-ethyl adjacent to an activating group) is 1. The molecule has 0 radical (unpaired) electrons. The Morgan fingerprint density at radius 1 is 1.11 bits per heavy atom. The number of carbonyl (C=O) groups excluding carboxylic acids is 1. The fraction of sp³-hybridized carbons (Fsp3) is 0.714. The number of piperazine rings is 1. The number of rotatable bonds is 2. The fourth-order valence-corrected chi connectivity index (χ4v) is 5.60. The minimum atomic E-state index is -0.108. The number of carbonyl (C=O) groups is 1. The summed E-state index contributed by atoms with van der Waals surface area (Å²) in [6.07, 6.45) is 6.18. The molecule has 1 amide bonds. The highest BCUT2D eigenvalue weighted by Gasteiger charge is 2.42. The van der Waals surface area contributed by atoms with E-state index in [1.165, 1.54) is 24.9 Å². The van der Waals surface area contributed by atoms with Gasteiger partial charge in [0.2, 0.25) is 0 Å². The van der Waals surface area contributed by atoms with Gasteiger partial charge >= 0.3 is 0 Å². The van der Waals surface area contributed by atoms with Crippen molar-refractivity contribution in [3.8, 4) is 0 Å². The van der Waals surface area contributed by atoms with E-state index in [0.29, 0.717) is 6.04 Å². The summed E-state index contributed by atoms with van der Waals surface area (Å²) in [5.41, 5.74) is 2.16. The quantitative estimate of drug-likeness (QED) is 0.800. The molecule has 0 aromatic carbocycles. The molecule has 4 aliphatic rings. The molecular formula is C21H31N5O. The van der Waals surface area contributed by atoms with Crippen LogP contribution in [0.4, 0.5) is 17.2 Å². The van der Waals surface area contributed by atoms with Crippen LogP contribution in [0.2, 0.25) is 0 Å². The Morgan fingerprint density at radius 2 is 1.85 bits per heavy atom. The van der Waals surface area contributed by atoms with Crippen LogP contribution in [0.15, 0.2) is 12.3 Å². The van der Waals surface area contributed by atoms with Gasteiger partial charge in [-0.2, -0.15) is 0 Å². The van der Waals surface area contributed by atoms with Crippen LogP contribution < -0.4 is 14.7 Å². The van der Waals surface area contributed by atoms with Gasteiger partial charge in [0, 0.05) is 45.8 Å². The summed E-state index contributed by atoms with van der Waals surface area (Å²) in [6, 6.07) is 2.56. The molecule has 4 heterocycles. The summed E-state index contributed by atoms with van der Waals surface area (Å²) in [5.74, 6) is 2.89. The highest BCUT2D eigenvalue weighted by atomic mass is 16.2. The fourth-order valence-electron chi connectivity index (χ4n) is 5.60. The van der Waals surface area contributed by atoms with Gasteiger partial charge in [-0.25, -0.2) is 4.98 Å². The summed E-state index contributed by atoms with van der Waals surface area (Å²) in [5, 5.41) is 0. The van der Waals surface area contributed by atoms with Crippen molar-refractivity contribution in [1.82, 2.24) is 9.88 Å². The predicted molar refractivity (Wildman–Crippen MR) is 109 cm³/mol. The number of pyridine rings is 1. The van der Waals surface area contributed by atoms with E-state index >= 15 is 0 Å². The number of hydrogen-bond acceptors (Lipinski definition) is 5. The molecule has 1 aliphatic carbocycles. The van der Waals surface area contributed by atoms with Crippen molar-refractivity contribution >= 4 is 23.1 Å². The Kier molecular flexibility index (Phi) is 4.08. The third kappa shape index (κ3) is 2.72. The van der Waals surface area contributed by atoms with E-state index < -0.39 is 0 Å². The van der Waals surface area contributed by atoms with E-state index in [9.17, 15) is 4.79 Å². The highest BCUT2D eigenvalue weighted by molar-refractivity contribution is 6.05. The number of nitrogens with zero attached hydrogens (tertiary/aromatic N) is 5. The summed E-state index contributed by atoms with van der Waals surface area (Å²) >= 11 is 0. The number of anilines is 3. The van der Waals surface area contributed by atoms with Gasteiger partial charge in [-0.3, -0.25) is 9.69 Å². The normalized spacial score (nSPS) is 30.7. The van der Waals surface area contributed by atoms with Crippen LogP contribution in [0, 0.1) is 11.8 Å². The standard InChI is InChI=1S/C21H31N5O/c1-14(2)24-7-8-26-19(13-24)21(27)23(3)18-9-17(10-22-20(18)26)25-11-15-5-4-6-16(15)12-25/h9-10,14-16,19H,4-8,11-13H2,1-3H3/t15?,16?,19-/m1/s1. The van der Waals surface area contributed by atoms with Crippen LogP contribution in [0.5, 0.6) is 0 Å². The van der Waals surface area contributed by atoms with Crippen molar-refractivity contribution in [2.45, 2.75) is 45.2 Å². The van der Waals surface area contributed by atoms with Gasteiger partial charge < -0.3 is 14.7 Å². The first-order valence-electron chi connectivity index (χ1n) is 10.6. The first-order valence-corrected chi connectivity index (χ1v) is 10.6. The zero-order chi connectivity index (χ0) is 18.7. The van der Waals surface area contributed by atoms with E-state index in [2.05, 4.69) is 34.6 Å². The second-order valence-corrected chi connectivity index (χ2v) is 9.09. The zero-order valence-corrected chi connectivity index (χ0v) is 16.8. The number of hydrogen-bond donors (Lipinski definition) is 0. The number of aromatic nitrogens is 1. The van der Waals surface area contributed by atoms with Crippen LogP contribution >= 0.6 is 0 Å². The Morgan fingerprint density at radius 3 is 2.56 bits per heavy atom. The van der Waals surface area contributed by atoms with Gasteiger partial charge in [0.05, 0.1) is 17.6 Å². The van der Waals surface area contributed by atoms with E-state index in [4.69, 9.17) is 4.98 Å². The van der Waals surface area contributed by atoms with Crippen molar-refractivity contribution in [2.75, 3.05) is 54.5 Å². The SMILES string of the molecule is CC(C)N1CCN2c3ncc(N4CC5CCCC5C4)cc3N(C)C(=O)[C@H]2C1. The van der Waals surface area contributed by atoms with Gasteiger partial charge in [-0.15, -0.1) is 0 Å². The average molecular weight is 370 g/mol. The lowest BCUT2D eigenvalue weighted by atomic mass is 10.0. The number of fused-ring (bicyclic) bond motifs is 4. The summed E-state index contributed by atoms with van der Waals surface area (Å²) in [7, 11) is 1.91. The molecule has 6 nitrogen and oxygen atoms in total. The van der Waals surface area contributed by atoms with Crippen molar-refractivity contribution in [3.63, 3.8) is 0 Å². The molecule has 0 bridgehead atoms. The van der Waals surface area contributed by atoms with Gasteiger partial charge in [-0.1, -0.05) is 6.42 Å². The van der Waals surface area contributed by atoms with Crippen LogP contribution in [0.25, 0.3) is 0 Å². The maximum atomic E-state index is 13.1. The lowest BCUT2D eigenvalue weighted by Crippen LogP contribution is -2.63. The van der Waals surface area contributed by atoms with Gasteiger partial charge in [0.1, 0.15) is 6.04 Å². The van der Waals surface area contributed by atoms with E-state index in [1.807, 2.05) is 18.1 Å². The third-order valence-electron chi connectivity index (χ3n) is 7.32. The molecule has 1 aromatic rings. The molecule has 0 spiro atoms. The van der Waals surface area contributed by atoms with Gasteiger partial charge in [-0.05, 0) is 44.6 Å². The molecule has 3 fully saturated rings. The molecule has 1 aromatic heterocycles. The zero-order valence-electron chi connectivity index (χ0n) is 16.8. The molecular weight excluding hydrogens is 338 g/mol. The minimum absolute atomic E-state index is 0.108. The summed E-state index contributed by atoms with van der Waals surface area (Å²) in [4.78, 5) is 26.9. The van der Waals surface area contributed by atoms with E-state index in [-0.39, 0.29) is 11.9 Å². The molecule has 5 rings (SSSR count). The van der Waals surface area contributed by atoms with E-state index in [1.54, 1.807) is 0 Å². The highest BCUT2D eigenvalue weighted by Crippen LogP contribution is 2.42. The number of amides is 1. The summed E-state index contributed by atoms with van der Waals surface area (Å²) < 4.78 is 0. The molecule has 0 N–H and O–H groups in total. The molecule has 27 heavy (non-hydrogen) atoms. The lowest BCUT2D eigenvalue weighted by molar-refractivity contribution is -0.121. The van der Waals surface area contributed by atoms with Gasteiger partial charge in [0.25, 0.3) is 5.91 Å². The van der Waals surface area contributed by atoms with Crippen molar-refractivity contribution < 1.29 is 4.79 Å². The summed E-state index contributed by atoms with van der Waals surface area (Å²) in [6.45, 7) is 9.36. The largest absolute Gasteiger partial charge is 0.370 e. The average Bonchev–Trinajstić information content (AvgIpc) is 3.27. The van der Waals surface area contributed by atoms with E-state index in [0.717, 1.165) is 56.1 Å². The van der Waals surface area contributed by atoms with Crippen LogP contribution in [0.1, 0.15) is 33.1 Å². The molecule has 2 saturated heterocycles. The maximum absolute atomic E-state index is 13.1. The Balaban J connectivity index is 1.43. The maximum Gasteiger partial charge on any atom is 0.250 e. The van der Waals surface area contributed by atoms with Crippen LogP contribution in [0.3, 0.4) is 0 Å². The minimum Gasteiger partial charge on any atom is -0.370 e. The second-order valence-electron chi connectivity index (χ2n) is 9.09. The Hall–Kier alpha value is -1.82. The van der Waals surface area contributed by atoms with Gasteiger partial charge in [0.15, 0.2) is 5.82 Å². The topological polar surface area (TPSA) is 42.9 Å². The van der Waals surface area contributed by atoms with Crippen molar-refractivity contribution in [3.05, 3.63) is 12.3 Å². The molecule has 146 valence electrons. The smallest absolute Gasteiger partial charge is 0.250 e. The van der Waals surface area contributed by atoms with Crippen LogP contribution in [-0.4, -0.2) is 67.6 Å². The lowest BCUT2D eigenvalue weighted by Gasteiger charge is -2.47. The molecule has 1 saturated carbocycles. The molecule has 3 atom stereocenters. The van der Waals surface area contributed by atoms with Crippen molar-refractivity contribution in [2.24, 2.45) is 11.8 Å². The van der Waals surface area contributed by atoms with Crippen molar-refractivity contribution in [1.29, 1.82) is 0 Å². The molecule has 2 unspecified atom stereocenters. The molecule has 3 aliphatic heterocycles. The second kappa shape index (κ2) is 6.36. The Labute approximate surface area is 162 Å². The monoisotopic (exact) mass is 369 g/mol. The Bertz CT molecular complexity index is 738. The predicted octanol–water partition coefficient (Wildman–Crippen LogP) is 2.19. The third-order valence-corrected chi connectivity index (χ3v) is 7.32. The first-order chi connectivity index (χ1) is 13.0. The van der Waals surface area contributed by atoms with Crippen LogP contribution in [-0.2, 0) is 4.79 Å². The first kappa shape index (κ1) is 17.3. The molecule has 6 heteroatoms.